The molecule has 24 nitrogen and oxygen atoms in total. The van der Waals surface area contributed by atoms with Crippen LogP contribution in [-0.4, -0.2) is 201 Å². The maximum absolute atomic E-state index is 13.9. The maximum Gasteiger partial charge on any atom is 0.323 e. The lowest BCUT2D eigenvalue weighted by Crippen LogP contribution is -2.51. The SMILES string of the molecule is [2H]C([2H])([2H])C([2H])(C)C([2H])([2H])C1([2H])C([2H])([2H])N2CCc3cc(OC)c(OC)cc3C2C([2H])([2H])C1([2H])OC(=O)[C@@]([2H])(N)C([2H])(C([2H])([2H])[2H])C([2H])([2H])[2H].[2H]C([2H])([2H])C([2H])(C)C([2H])([2H])C1([2H])C([2H])([2H])N2CCc3cc(OC)c(OC)cc3C2C([2H])([2H])C1([2H])OC(=O)[C@@]([2H])(N)C([2H])(C([2H])([2H])[2H])C([2H])([2H])[2H].[2H]C([2H])([2H])Oc1cc2c(cc1OC)C1N(CC2)C([2H])([2H])C([2H])(C([2H])([2H])C([2H])(C)C([2H])([2H])[2H])C([2H])(OC(=O)[C@@]([2H])(N)C([2H])(C([2H])([2H])[2H])C([2H])([2H])[2H])C1([2H])[2H].[2H]C([2H])([2H])Oc1cc2c(cc1OC)C1N(CC2)C([2H])([2H])C([2H])(C([2H])([2H])C([2H])(C)C([2H])([2H])[2H])C([2H])(OC(=O)[C@@]([2H])(N)C([2H])(C([2H])([2H])[2H])C([2H])([2H])[2H])C1([2H])[2H]. The number of rotatable bonds is 28. The Morgan fingerprint density at radius 2 is 0.558 bits per heavy atom. The Bertz CT molecular complexity index is 7520. The molecule has 0 saturated carbocycles. The quantitative estimate of drug-likeness (QED) is 0.0303. The Morgan fingerprint density at radius 1 is 0.358 bits per heavy atom. The van der Waals surface area contributed by atoms with Crippen LogP contribution in [0.5, 0.6) is 46.0 Å². The van der Waals surface area contributed by atoms with Crippen molar-refractivity contribution in [2.75, 3.05) is 109 Å². The van der Waals surface area contributed by atoms with Gasteiger partial charge in [0, 0.05) is 224 Å². The van der Waals surface area contributed by atoms with Gasteiger partial charge in [-0.15, -0.1) is 0 Å². The highest BCUT2D eigenvalue weighted by Gasteiger charge is 2.47. The van der Waals surface area contributed by atoms with E-state index in [0.29, 0.717) is 47.3 Å². The van der Waals surface area contributed by atoms with Crippen LogP contribution in [0.15, 0.2) is 48.5 Å². The Kier molecular flexibility index (Phi) is 12.1. The van der Waals surface area contributed by atoms with Crippen molar-refractivity contribution in [2.24, 2.45) is 93.7 Å². The molecule has 8 aliphatic heterocycles. The standard InChI is InChI=1S/4C24H38N2O4/c4*1-14(2)9-17-13-26-8-7-16-10-21(28-5)22(29-6)11-18(16)19(26)12-20(17)30-24(27)23(25)15(3)4/h4*10-11,14-15,17,19-20,23H,7-9,12-13,25H2,1-6H3/t4*17?,19?,20?,23-/m0000/s1/i2*1D3,3D3,4D3,5D3,9D2,12D2,13D2,14D,15D,17D,20D,23D;2*1D3,3D3,4D3,9D2,12D2,13D2,14D,15D,17D,20D,23D/t4*14?,17?,19?,20?,23-. The van der Waals surface area contributed by atoms with Crippen LogP contribution in [-0.2, 0) is 63.8 Å². The third-order valence-corrected chi connectivity index (χ3v) is 18.3. The van der Waals surface area contributed by atoms with E-state index in [-0.39, 0.29) is 93.2 Å². The zero-order chi connectivity index (χ0) is 163. The number of hydrogen-bond acceptors (Lipinski definition) is 24. The number of carbonyl (C=O) groups is 4. The van der Waals surface area contributed by atoms with Crippen LogP contribution >= 0.6 is 0 Å². The van der Waals surface area contributed by atoms with Gasteiger partial charge in [-0.3, -0.25) is 38.8 Å². The summed E-state index contributed by atoms with van der Waals surface area (Å²) >= 11 is 0. The summed E-state index contributed by atoms with van der Waals surface area (Å²) in [6.45, 7) is -64.0. The second-order valence-electron chi connectivity index (χ2n) is 26.4. The van der Waals surface area contributed by atoms with Crippen molar-refractivity contribution in [2.45, 2.75) is 259 Å². The van der Waals surface area contributed by atoms with Crippen LogP contribution < -0.4 is 60.8 Å². The van der Waals surface area contributed by atoms with Gasteiger partial charge in [-0.1, -0.05) is 110 Å². The van der Waals surface area contributed by atoms with E-state index in [1.54, 1.807) is 0 Å². The first kappa shape index (κ1) is 33.0. The average molecular weight is 1760 g/mol. The van der Waals surface area contributed by atoms with Crippen molar-refractivity contribution in [3.63, 3.8) is 0 Å². The van der Waals surface area contributed by atoms with Crippen LogP contribution in [0.4, 0.5) is 0 Å². The Labute approximate surface area is 839 Å². The molecule has 4 aromatic rings. The second-order valence-corrected chi connectivity index (χ2v) is 26.4. The molecule has 8 N–H and O–H groups in total. The summed E-state index contributed by atoms with van der Waals surface area (Å²) < 4.78 is 781. The Morgan fingerprint density at radius 3 is 0.742 bits per heavy atom. The van der Waals surface area contributed by atoms with E-state index in [2.05, 4.69) is 0 Å². The van der Waals surface area contributed by atoms with Gasteiger partial charge in [-0.2, -0.15) is 0 Å². The lowest BCUT2D eigenvalue weighted by atomic mass is 9.79. The summed E-state index contributed by atoms with van der Waals surface area (Å²) in [6, 6.07) is -16.9. The van der Waals surface area contributed by atoms with Gasteiger partial charge >= 0.3 is 23.9 Å². The number of hydrogen-bond donors (Lipinski definition) is 4. The minimum Gasteiger partial charge on any atom is -0.493 e. The molecule has 120 heavy (non-hydrogen) atoms. The number of nitrogens with zero attached hydrogens (tertiary/aromatic N) is 4. The van der Waals surface area contributed by atoms with Gasteiger partial charge in [0.2, 0.25) is 0 Å². The number of nitrogens with two attached hydrogens (primary N) is 4. The lowest BCUT2D eigenvalue weighted by Gasteiger charge is -2.47. The fourth-order valence-corrected chi connectivity index (χ4v) is 12.7. The van der Waals surface area contributed by atoms with Crippen molar-refractivity contribution >= 4 is 23.9 Å². The molecule has 12 rings (SSSR count). The first-order chi connectivity index (χ1) is 90.2. The predicted molar refractivity (Wildman–Crippen MR) is 471 cm³/mol. The summed E-state index contributed by atoms with van der Waals surface area (Å²) in [5.41, 5.74) is 22.1. The molecule has 4 fully saturated rings. The fraction of sp³-hybridized carbons (Fsp3) is 0.708. The maximum atomic E-state index is 13.9. The number of piperidine rings is 4. The molecule has 0 radical (unpaired) electrons. The van der Waals surface area contributed by atoms with Crippen molar-refractivity contribution in [1.82, 2.24) is 19.6 Å². The van der Waals surface area contributed by atoms with Gasteiger partial charge in [0.25, 0.3) is 0 Å². The van der Waals surface area contributed by atoms with Crippen LogP contribution in [0.2, 0.25) is 0 Å². The van der Waals surface area contributed by atoms with Gasteiger partial charge in [0.15, 0.2) is 46.0 Å². The summed E-state index contributed by atoms with van der Waals surface area (Å²) in [4.78, 5) is 57.7. The summed E-state index contributed by atoms with van der Waals surface area (Å²) in [5, 5.41) is 0. The molecule has 0 aromatic heterocycles. The molecular formula is C96H152N8O16. The molecule has 4 saturated heterocycles. The molecule has 8 aliphatic rings. The molecule has 672 valence electrons. The molecule has 16 unspecified atom stereocenters. The van der Waals surface area contributed by atoms with Gasteiger partial charge in [0.1, 0.15) is 48.4 Å². The molecule has 20 atom stereocenters. The molecule has 8 heterocycles. The number of fused-ring (bicyclic) bond motifs is 12. The highest BCUT2D eigenvalue weighted by Crippen LogP contribution is 2.50. The minimum absolute atomic E-state index is 0.0107. The normalized spacial score (nSPS) is 49.0. The van der Waals surface area contributed by atoms with Crippen molar-refractivity contribution in [3.8, 4) is 46.0 Å². The predicted octanol–water partition coefficient (Wildman–Crippen LogP) is 14.3. The smallest absolute Gasteiger partial charge is 0.323 e. The van der Waals surface area contributed by atoms with Crippen LogP contribution in [0.1, 0.15) is 347 Å². The van der Waals surface area contributed by atoms with Gasteiger partial charge in [-0.25, -0.2) is 0 Å². The third kappa shape index (κ3) is 23.8. The van der Waals surface area contributed by atoms with E-state index in [9.17, 15) is 52.1 Å². The largest absolute Gasteiger partial charge is 0.493 e. The molecule has 4 aromatic carbocycles. The zero-order valence-corrected chi connectivity index (χ0v) is 66.2. The topological polar surface area (TPSA) is 296 Å². The van der Waals surface area contributed by atoms with Crippen molar-refractivity contribution in [3.05, 3.63) is 93.0 Å². The van der Waals surface area contributed by atoms with E-state index in [1.807, 2.05) is 0 Å². The lowest BCUT2D eigenvalue weighted by molar-refractivity contribution is -0.161. The van der Waals surface area contributed by atoms with Crippen molar-refractivity contribution in [1.29, 1.82) is 0 Å². The van der Waals surface area contributed by atoms with E-state index in [4.69, 9.17) is 165 Å². The molecule has 0 amide bonds. The van der Waals surface area contributed by atoms with E-state index < -0.39 is 390 Å². The Hall–Kier alpha value is -7.16. The van der Waals surface area contributed by atoms with Crippen molar-refractivity contribution < 1.29 is 194 Å². The Balaban J connectivity index is 0.000000297. The molecule has 0 bridgehead atoms. The zero-order valence-electron chi connectivity index (χ0n) is 152. The number of ether oxygens (including phenoxy) is 12. The number of esters is 4. The number of carbonyl (C=O) groups excluding carboxylic acids is 4. The average Bonchev–Trinajstić information content (AvgIpc) is 0.654. The second kappa shape index (κ2) is 43.9. The molecule has 24 heteroatoms. The highest BCUT2D eigenvalue weighted by molar-refractivity contribution is 5.77. The first-order valence-electron chi connectivity index (χ1n) is 78.6. The van der Waals surface area contributed by atoms with Gasteiger partial charge < -0.3 is 79.8 Å². The van der Waals surface area contributed by atoms with Gasteiger partial charge in [0.05, 0.1) is 75.9 Å². The monoisotopic (exact) mass is 1760 g/mol. The molecule has 0 spiro atoms. The van der Waals surface area contributed by atoms with Gasteiger partial charge in [-0.05, 0) is 191 Å². The number of methoxy groups -OCH3 is 8. The summed E-state index contributed by atoms with van der Waals surface area (Å²) in [5.74, 6) is -61.5. The van der Waals surface area contributed by atoms with E-state index in [0.717, 1.165) is 38.5 Å². The minimum atomic E-state index is -4.55. The van der Waals surface area contributed by atoms with E-state index >= 15 is 0 Å². The van der Waals surface area contributed by atoms with Crippen LogP contribution in [0.3, 0.4) is 0 Å². The fourth-order valence-electron chi connectivity index (χ4n) is 12.7. The van der Waals surface area contributed by atoms with Crippen LogP contribution in [0.25, 0.3) is 0 Å². The molecule has 0 aliphatic carbocycles. The summed E-state index contributed by atoms with van der Waals surface area (Å²) in [7, 11) is 1.02. The summed E-state index contributed by atoms with van der Waals surface area (Å²) in [6.07, 6.45) is -51.3. The first-order valence-corrected chi connectivity index (χ1v) is 35.6. The van der Waals surface area contributed by atoms with E-state index in [1.165, 1.54) is 52.7 Å². The molecular weight excluding hydrogens is 1520 g/mol. The van der Waals surface area contributed by atoms with Crippen LogP contribution in [0, 0.1) is 70.7 Å². The number of benzene rings is 4. The highest BCUT2D eigenvalue weighted by atomic mass is 16.6. The third-order valence-electron chi connectivity index (χ3n) is 18.3.